The van der Waals surface area contributed by atoms with Gasteiger partial charge in [0.15, 0.2) is 11.6 Å². The Hall–Kier alpha value is -0.960. The van der Waals surface area contributed by atoms with Gasteiger partial charge >= 0.3 is 0 Å². The highest BCUT2D eigenvalue weighted by molar-refractivity contribution is 5.18. The van der Waals surface area contributed by atoms with E-state index in [0.717, 1.165) is 24.9 Å². The van der Waals surface area contributed by atoms with E-state index < -0.39 is 11.6 Å². The van der Waals surface area contributed by atoms with Crippen LogP contribution in [0.5, 0.6) is 0 Å². The van der Waals surface area contributed by atoms with Gasteiger partial charge in [-0.1, -0.05) is 18.9 Å². The minimum atomic E-state index is -0.755. The molecule has 1 N–H and O–H groups in total. The van der Waals surface area contributed by atoms with Crippen LogP contribution < -0.4 is 5.32 Å². The van der Waals surface area contributed by atoms with Crippen LogP contribution in [-0.4, -0.2) is 13.6 Å². The lowest BCUT2D eigenvalue weighted by molar-refractivity contribution is 0.247. The largest absolute Gasteiger partial charge is 0.320 e. The molecule has 1 aromatic rings. The number of rotatable bonds is 6. The second-order valence-corrected chi connectivity index (χ2v) is 5.81. The molecule has 0 unspecified atom stereocenters. The first-order valence-corrected chi connectivity index (χ1v) is 7.24. The molecule has 0 spiro atoms. The van der Waals surface area contributed by atoms with Crippen LogP contribution in [-0.2, 0) is 6.42 Å². The summed E-state index contributed by atoms with van der Waals surface area (Å²) in [6.45, 7) is 1.04. The van der Waals surface area contributed by atoms with Crippen LogP contribution in [0.2, 0.25) is 0 Å². The Labute approximate surface area is 114 Å². The van der Waals surface area contributed by atoms with Crippen LogP contribution in [0.4, 0.5) is 8.78 Å². The maximum Gasteiger partial charge on any atom is 0.159 e. The summed E-state index contributed by atoms with van der Waals surface area (Å²) in [5.74, 6) is -1.48. The van der Waals surface area contributed by atoms with Gasteiger partial charge in [0.05, 0.1) is 0 Å². The van der Waals surface area contributed by atoms with Crippen LogP contribution in [0.3, 0.4) is 0 Å². The molecule has 1 fully saturated rings. The van der Waals surface area contributed by atoms with E-state index >= 15 is 0 Å². The summed E-state index contributed by atoms with van der Waals surface area (Å²) < 4.78 is 26.1. The maximum absolute atomic E-state index is 13.2. The summed E-state index contributed by atoms with van der Waals surface area (Å²) in [5.41, 5.74) is 1.32. The maximum atomic E-state index is 13.2. The second kappa shape index (κ2) is 6.47. The van der Waals surface area contributed by atoms with Crippen LogP contribution in [0.15, 0.2) is 18.2 Å². The van der Waals surface area contributed by atoms with Gasteiger partial charge in [-0.3, -0.25) is 0 Å². The third-order valence-electron chi connectivity index (χ3n) is 4.50. The lowest BCUT2D eigenvalue weighted by Gasteiger charge is -2.29. The summed E-state index contributed by atoms with van der Waals surface area (Å²) in [7, 11) is 1.98. The molecule has 1 saturated carbocycles. The number of hydrogen-bond donors (Lipinski definition) is 1. The third-order valence-corrected chi connectivity index (χ3v) is 4.50. The van der Waals surface area contributed by atoms with Crippen molar-refractivity contribution in [3.05, 3.63) is 35.4 Å². The lowest BCUT2D eigenvalue weighted by atomic mass is 9.77. The van der Waals surface area contributed by atoms with E-state index in [2.05, 4.69) is 5.32 Å². The summed E-state index contributed by atoms with van der Waals surface area (Å²) >= 11 is 0. The molecular weight excluding hydrogens is 244 g/mol. The van der Waals surface area contributed by atoms with Crippen LogP contribution in [0, 0.1) is 17.0 Å². The quantitative estimate of drug-likeness (QED) is 0.819. The molecule has 3 heteroatoms. The molecule has 0 radical (unpaired) electrons. The number of nitrogens with one attached hydrogen (secondary N) is 1. The Morgan fingerprint density at radius 3 is 2.47 bits per heavy atom. The van der Waals surface area contributed by atoms with Crippen LogP contribution in [0.25, 0.3) is 0 Å². The summed E-state index contributed by atoms with van der Waals surface area (Å²) in [5, 5.41) is 3.22. The number of hydrogen-bond acceptors (Lipinski definition) is 1. The fourth-order valence-corrected chi connectivity index (χ4v) is 3.24. The van der Waals surface area contributed by atoms with E-state index in [9.17, 15) is 8.78 Å². The highest BCUT2D eigenvalue weighted by Crippen LogP contribution is 2.44. The highest BCUT2D eigenvalue weighted by atomic mass is 19.2. The molecule has 0 atom stereocenters. The van der Waals surface area contributed by atoms with Crippen molar-refractivity contribution < 1.29 is 8.78 Å². The van der Waals surface area contributed by atoms with E-state index in [1.165, 1.54) is 44.2 Å². The number of halogens is 2. The van der Waals surface area contributed by atoms with E-state index in [4.69, 9.17) is 0 Å². The normalized spacial score (nSPS) is 17.8. The monoisotopic (exact) mass is 267 g/mol. The SMILES string of the molecule is CNCCC1(CCc2ccc(F)c(F)c2)CCCC1. The Morgan fingerprint density at radius 1 is 1.11 bits per heavy atom. The van der Waals surface area contributed by atoms with Crippen molar-refractivity contribution in [1.29, 1.82) is 0 Å². The molecule has 0 heterocycles. The van der Waals surface area contributed by atoms with Crippen LogP contribution in [0.1, 0.15) is 44.1 Å². The Kier molecular flexibility index (Phi) is 4.92. The molecule has 1 aliphatic carbocycles. The van der Waals surface area contributed by atoms with Gasteiger partial charge in [-0.05, 0) is 68.8 Å². The summed E-state index contributed by atoms with van der Waals surface area (Å²) in [4.78, 5) is 0. The molecule has 1 aliphatic rings. The molecule has 106 valence electrons. The minimum Gasteiger partial charge on any atom is -0.320 e. The average molecular weight is 267 g/mol. The van der Waals surface area contributed by atoms with Gasteiger partial charge < -0.3 is 5.32 Å². The van der Waals surface area contributed by atoms with E-state index in [1.54, 1.807) is 6.07 Å². The Balaban J connectivity index is 1.96. The van der Waals surface area contributed by atoms with Crippen LogP contribution >= 0.6 is 0 Å². The van der Waals surface area contributed by atoms with Gasteiger partial charge in [-0.2, -0.15) is 0 Å². The van der Waals surface area contributed by atoms with Crippen molar-refractivity contribution in [1.82, 2.24) is 5.32 Å². The molecule has 2 rings (SSSR count). The minimum absolute atomic E-state index is 0.411. The molecule has 1 aromatic carbocycles. The molecule has 0 saturated heterocycles. The highest BCUT2D eigenvalue weighted by Gasteiger charge is 2.32. The molecule has 0 aromatic heterocycles. The van der Waals surface area contributed by atoms with Crippen molar-refractivity contribution in [2.24, 2.45) is 5.41 Å². The third kappa shape index (κ3) is 3.75. The first-order valence-electron chi connectivity index (χ1n) is 7.24. The van der Waals surface area contributed by atoms with E-state index in [1.807, 2.05) is 7.05 Å². The van der Waals surface area contributed by atoms with Gasteiger partial charge in [0.1, 0.15) is 0 Å². The lowest BCUT2D eigenvalue weighted by Crippen LogP contribution is -2.23. The average Bonchev–Trinajstić information content (AvgIpc) is 2.87. The topological polar surface area (TPSA) is 12.0 Å². The number of aryl methyl sites for hydroxylation is 1. The van der Waals surface area contributed by atoms with Crippen molar-refractivity contribution in [3.63, 3.8) is 0 Å². The predicted molar refractivity (Wildman–Crippen MR) is 74.1 cm³/mol. The Bertz CT molecular complexity index is 411. The van der Waals surface area contributed by atoms with Gasteiger partial charge in [0.2, 0.25) is 0 Å². The van der Waals surface area contributed by atoms with Crippen molar-refractivity contribution in [3.8, 4) is 0 Å². The zero-order valence-electron chi connectivity index (χ0n) is 11.6. The fraction of sp³-hybridized carbons (Fsp3) is 0.625. The predicted octanol–water partition coefficient (Wildman–Crippen LogP) is 4.07. The van der Waals surface area contributed by atoms with Gasteiger partial charge in [0.25, 0.3) is 0 Å². The molecular formula is C16H23F2N. The first kappa shape index (κ1) is 14.4. The van der Waals surface area contributed by atoms with Crippen molar-refractivity contribution in [2.45, 2.75) is 44.9 Å². The molecule has 0 amide bonds. The smallest absolute Gasteiger partial charge is 0.159 e. The van der Waals surface area contributed by atoms with Gasteiger partial charge in [-0.25, -0.2) is 8.78 Å². The second-order valence-electron chi connectivity index (χ2n) is 5.81. The van der Waals surface area contributed by atoms with E-state index in [-0.39, 0.29) is 0 Å². The Morgan fingerprint density at radius 2 is 1.84 bits per heavy atom. The summed E-state index contributed by atoms with van der Waals surface area (Å²) in [6.07, 6.45) is 8.29. The van der Waals surface area contributed by atoms with Gasteiger partial charge in [-0.15, -0.1) is 0 Å². The van der Waals surface area contributed by atoms with Gasteiger partial charge in [0, 0.05) is 0 Å². The molecule has 0 bridgehead atoms. The molecule has 19 heavy (non-hydrogen) atoms. The first-order chi connectivity index (χ1) is 9.15. The summed E-state index contributed by atoms with van der Waals surface area (Å²) in [6, 6.07) is 4.29. The van der Waals surface area contributed by atoms with E-state index in [0.29, 0.717) is 5.41 Å². The zero-order valence-corrected chi connectivity index (χ0v) is 11.6. The standard InChI is InChI=1S/C16H23F2N/c1-19-11-10-16(7-2-3-8-16)9-6-13-4-5-14(17)15(18)12-13/h4-5,12,19H,2-3,6-11H2,1H3. The van der Waals surface area contributed by atoms with Crippen molar-refractivity contribution >= 4 is 0 Å². The fourth-order valence-electron chi connectivity index (χ4n) is 3.24. The molecule has 0 aliphatic heterocycles. The number of benzene rings is 1. The van der Waals surface area contributed by atoms with Crippen molar-refractivity contribution in [2.75, 3.05) is 13.6 Å². The zero-order chi connectivity index (χ0) is 13.7. The molecule has 1 nitrogen and oxygen atoms in total.